The van der Waals surface area contributed by atoms with Crippen LogP contribution in [0.25, 0.3) is 0 Å². The Kier molecular flexibility index (Phi) is 4.64. The lowest BCUT2D eigenvalue weighted by atomic mass is 10.5. The Morgan fingerprint density at radius 3 is 2.95 bits per heavy atom. The van der Waals surface area contributed by atoms with Crippen molar-refractivity contribution >= 4 is 21.4 Å². The minimum absolute atomic E-state index is 0.283. The lowest BCUT2D eigenvalue weighted by molar-refractivity contribution is 0.554. The summed E-state index contributed by atoms with van der Waals surface area (Å²) in [6.45, 7) is 1.40. The van der Waals surface area contributed by atoms with E-state index >= 15 is 0 Å². The Bertz CT molecular complexity index is 606. The number of hydrogen-bond acceptors (Lipinski definition) is 6. The summed E-state index contributed by atoms with van der Waals surface area (Å²) >= 11 is 1.26. The molecule has 9 heteroatoms. The van der Waals surface area contributed by atoms with Crippen molar-refractivity contribution in [2.24, 2.45) is 0 Å². The van der Waals surface area contributed by atoms with Crippen molar-refractivity contribution in [2.75, 3.05) is 13.6 Å². The van der Waals surface area contributed by atoms with Gasteiger partial charge in [-0.3, -0.25) is 4.68 Å². The highest BCUT2D eigenvalue weighted by Crippen LogP contribution is 2.21. The third kappa shape index (κ3) is 3.83. The van der Waals surface area contributed by atoms with Gasteiger partial charge in [0.1, 0.15) is 4.21 Å². The van der Waals surface area contributed by atoms with Gasteiger partial charge in [-0.15, -0.1) is 16.4 Å². The highest BCUT2D eigenvalue weighted by molar-refractivity contribution is 7.91. The molecule has 0 aromatic carbocycles. The lowest BCUT2D eigenvalue weighted by Gasteiger charge is -2.04. The maximum absolute atomic E-state index is 12.0. The standard InChI is InChI=1S/C10H15N5O2S2/c1-11-8-9-2-3-10(18-9)19(16,17)13-5-7-15-6-4-12-14-15/h2-4,6,11,13H,5,7-8H2,1H3. The topological polar surface area (TPSA) is 88.9 Å². The van der Waals surface area contributed by atoms with E-state index in [0.29, 0.717) is 17.3 Å². The molecule has 0 atom stereocenters. The lowest BCUT2D eigenvalue weighted by Crippen LogP contribution is -2.27. The largest absolute Gasteiger partial charge is 0.315 e. The minimum atomic E-state index is -3.43. The van der Waals surface area contributed by atoms with E-state index in [2.05, 4.69) is 20.4 Å². The van der Waals surface area contributed by atoms with Crippen molar-refractivity contribution in [3.63, 3.8) is 0 Å². The van der Waals surface area contributed by atoms with E-state index in [1.807, 2.05) is 13.1 Å². The summed E-state index contributed by atoms with van der Waals surface area (Å²) < 4.78 is 28.5. The van der Waals surface area contributed by atoms with Crippen LogP contribution in [0.1, 0.15) is 4.88 Å². The molecule has 0 saturated carbocycles. The van der Waals surface area contributed by atoms with Gasteiger partial charge < -0.3 is 5.32 Å². The normalized spacial score (nSPS) is 11.8. The van der Waals surface area contributed by atoms with E-state index in [0.717, 1.165) is 4.88 Å². The molecule has 2 heterocycles. The summed E-state index contributed by atoms with van der Waals surface area (Å²) in [4.78, 5) is 0.985. The molecule has 0 radical (unpaired) electrons. The fourth-order valence-corrected chi connectivity index (χ4v) is 3.92. The molecule has 0 aliphatic carbocycles. The van der Waals surface area contributed by atoms with Crippen LogP contribution in [0, 0.1) is 0 Å². The van der Waals surface area contributed by atoms with Crippen molar-refractivity contribution in [3.8, 4) is 0 Å². The second-order valence-electron chi connectivity index (χ2n) is 3.81. The molecule has 19 heavy (non-hydrogen) atoms. The predicted octanol–water partition coefficient (Wildman–Crippen LogP) is 0.0375. The van der Waals surface area contributed by atoms with E-state index in [4.69, 9.17) is 0 Å². The molecule has 0 bridgehead atoms. The fraction of sp³-hybridized carbons (Fsp3) is 0.400. The van der Waals surface area contributed by atoms with Gasteiger partial charge in [0, 0.05) is 24.2 Å². The Labute approximate surface area is 115 Å². The Morgan fingerprint density at radius 2 is 2.26 bits per heavy atom. The maximum atomic E-state index is 12.0. The fourth-order valence-electron chi connectivity index (χ4n) is 1.49. The SMILES string of the molecule is CNCc1ccc(S(=O)(=O)NCCn2ccnn2)s1. The van der Waals surface area contributed by atoms with Gasteiger partial charge in [0.15, 0.2) is 0 Å². The molecule has 2 rings (SSSR count). The van der Waals surface area contributed by atoms with Crippen LogP contribution in [0.3, 0.4) is 0 Å². The van der Waals surface area contributed by atoms with Crippen LogP contribution in [0.2, 0.25) is 0 Å². The quantitative estimate of drug-likeness (QED) is 0.753. The van der Waals surface area contributed by atoms with Crippen molar-refractivity contribution in [3.05, 3.63) is 29.4 Å². The average Bonchev–Trinajstić information content (AvgIpc) is 3.00. The highest BCUT2D eigenvalue weighted by Gasteiger charge is 2.16. The summed E-state index contributed by atoms with van der Waals surface area (Å²) in [7, 11) is -1.61. The first kappa shape index (κ1) is 14.1. The van der Waals surface area contributed by atoms with Crippen LogP contribution < -0.4 is 10.0 Å². The van der Waals surface area contributed by atoms with Crippen LogP contribution in [0.4, 0.5) is 0 Å². The van der Waals surface area contributed by atoms with Crippen molar-refractivity contribution in [1.82, 2.24) is 25.0 Å². The van der Waals surface area contributed by atoms with Crippen molar-refractivity contribution < 1.29 is 8.42 Å². The third-order valence-electron chi connectivity index (χ3n) is 2.36. The number of thiophene rings is 1. The summed E-state index contributed by atoms with van der Waals surface area (Å²) in [6, 6.07) is 3.43. The molecule has 0 unspecified atom stereocenters. The van der Waals surface area contributed by atoms with E-state index in [1.54, 1.807) is 23.1 Å². The van der Waals surface area contributed by atoms with Crippen molar-refractivity contribution in [1.29, 1.82) is 0 Å². The molecule has 0 amide bonds. The molecular weight excluding hydrogens is 286 g/mol. The van der Waals surface area contributed by atoms with Crippen LogP contribution in [-0.4, -0.2) is 37.0 Å². The Hall–Kier alpha value is -1.29. The maximum Gasteiger partial charge on any atom is 0.250 e. The van der Waals surface area contributed by atoms with Gasteiger partial charge in [0.2, 0.25) is 10.0 Å². The molecule has 2 aromatic heterocycles. The van der Waals surface area contributed by atoms with E-state index in [-0.39, 0.29) is 6.54 Å². The van der Waals surface area contributed by atoms with Crippen LogP contribution in [0.15, 0.2) is 28.7 Å². The molecule has 0 saturated heterocycles. The highest BCUT2D eigenvalue weighted by atomic mass is 32.2. The van der Waals surface area contributed by atoms with Crippen LogP contribution in [-0.2, 0) is 23.1 Å². The second-order valence-corrected chi connectivity index (χ2v) is 6.98. The van der Waals surface area contributed by atoms with E-state index < -0.39 is 10.0 Å². The summed E-state index contributed by atoms with van der Waals surface area (Å²) in [5.74, 6) is 0. The van der Waals surface area contributed by atoms with Gasteiger partial charge in [-0.2, -0.15) is 0 Å². The average molecular weight is 301 g/mol. The third-order valence-corrected chi connectivity index (χ3v) is 5.40. The number of rotatable bonds is 7. The molecular formula is C10H15N5O2S2. The van der Waals surface area contributed by atoms with E-state index in [1.165, 1.54) is 11.3 Å². The van der Waals surface area contributed by atoms with Gasteiger partial charge in [-0.05, 0) is 19.2 Å². The zero-order chi connectivity index (χ0) is 13.7. The monoisotopic (exact) mass is 301 g/mol. The van der Waals surface area contributed by atoms with Gasteiger partial charge in [-0.25, -0.2) is 13.1 Å². The van der Waals surface area contributed by atoms with Gasteiger partial charge in [-0.1, -0.05) is 5.21 Å². The van der Waals surface area contributed by atoms with Gasteiger partial charge >= 0.3 is 0 Å². The molecule has 0 fully saturated rings. The first-order chi connectivity index (χ1) is 9.12. The number of sulfonamides is 1. The summed E-state index contributed by atoms with van der Waals surface area (Å²) in [5, 5.41) is 10.4. The Balaban J connectivity index is 1.93. The first-order valence-electron chi connectivity index (χ1n) is 5.69. The molecule has 0 aliphatic heterocycles. The van der Waals surface area contributed by atoms with Gasteiger partial charge in [0.05, 0.1) is 12.7 Å². The molecule has 0 aliphatic rings. The minimum Gasteiger partial charge on any atom is -0.315 e. The number of aromatic nitrogens is 3. The van der Waals surface area contributed by atoms with Crippen molar-refractivity contribution in [2.45, 2.75) is 17.3 Å². The smallest absolute Gasteiger partial charge is 0.250 e. The van der Waals surface area contributed by atoms with E-state index in [9.17, 15) is 8.42 Å². The number of nitrogens with one attached hydrogen (secondary N) is 2. The van der Waals surface area contributed by atoms with Crippen LogP contribution in [0.5, 0.6) is 0 Å². The Morgan fingerprint density at radius 1 is 1.42 bits per heavy atom. The molecule has 7 nitrogen and oxygen atoms in total. The second kappa shape index (κ2) is 6.24. The summed E-state index contributed by atoms with van der Waals surface area (Å²) in [6.07, 6.45) is 3.24. The number of hydrogen-bond donors (Lipinski definition) is 2. The zero-order valence-corrected chi connectivity index (χ0v) is 12.0. The van der Waals surface area contributed by atoms with Gasteiger partial charge in [0.25, 0.3) is 0 Å². The summed E-state index contributed by atoms with van der Waals surface area (Å²) in [5.41, 5.74) is 0. The molecule has 104 valence electrons. The van der Waals surface area contributed by atoms with Crippen LogP contribution >= 0.6 is 11.3 Å². The predicted molar refractivity (Wildman–Crippen MR) is 72.3 cm³/mol. The zero-order valence-electron chi connectivity index (χ0n) is 10.4. The molecule has 2 aromatic rings. The molecule has 2 N–H and O–H groups in total. The number of nitrogens with zero attached hydrogens (tertiary/aromatic N) is 3. The molecule has 0 spiro atoms. The first-order valence-corrected chi connectivity index (χ1v) is 7.99.